The van der Waals surface area contributed by atoms with Gasteiger partial charge in [0.1, 0.15) is 5.54 Å². The molecule has 3 aliphatic heterocycles. The highest BCUT2D eigenvalue weighted by molar-refractivity contribution is 6.02. The van der Waals surface area contributed by atoms with Crippen LogP contribution in [0.2, 0.25) is 0 Å². The van der Waals surface area contributed by atoms with Gasteiger partial charge >= 0.3 is 11.9 Å². The second kappa shape index (κ2) is 14.0. The molecule has 1 N–H and O–H groups in total. The minimum atomic E-state index is -1.04. The molecule has 2 aromatic carbocycles. The summed E-state index contributed by atoms with van der Waals surface area (Å²) in [6.07, 6.45) is 3.38. The van der Waals surface area contributed by atoms with Gasteiger partial charge in [-0.15, -0.1) is 0 Å². The predicted octanol–water partition coefficient (Wildman–Crippen LogP) is 3.05. The Kier molecular flexibility index (Phi) is 10.00. The quantitative estimate of drug-likeness (QED) is 0.410. The van der Waals surface area contributed by atoms with Gasteiger partial charge in [-0.1, -0.05) is 31.2 Å². The average Bonchev–Trinajstić information content (AvgIpc) is 3.51. The smallest absolute Gasteiger partial charge is 0.332 e. The number of aliphatic hydroxyl groups is 1. The molecule has 4 atom stereocenters. The van der Waals surface area contributed by atoms with Crippen LogP contribution in [0.1, 0.15) is 63.0 Å². The first-order valence-corrected chi connectivity index (χ1v) is 17.6. The second-order valence-corrected chi connectivity index (χ2v) is 14.1. The Morgan fingerprint density at radius 1 is 0.980 bits per heavy atom. The van der Waals surface area contributed by atoms with E-state index < -0.39 is 28.6 Å². The number of nitrogens with zero attached hydrogens (tertiary/aromatic N) is 3. The summed E-state index contributed by atoms with van der Waals surface area (Å²) in [5.74, 6) is 0.693. The summed E-state index contributed by atoms with van der Waals surface area (Å²) < 4.78 is 21.4. The number of hydrogen-bond acceptors (Lipinski definition) is 11. The van der Waals surface area contributed by atoms with Gasteiger partial charge in [-0.2, -0.15) is 0 Å². The zero-order valence-electron chi connectivity index (χ0n) is 29.7. The number of likely N-dealkylation sites (tertiary alicyclic amines) is 2. The lowest BCUT2D eigenvalue weighted by Crippen LogP contribution is -2.76. The molecule has 2 saturated heterocycles. The van der Waals surface area contributed by atoms with Crippen LogP contribution in [0.3, 0.4) is 0 Å². The molecule has 7 rings (SSSR count). The molecule has 1 spiro atoms. The SMILES string of the molecule is CCC(=O)N(c1ccccc1)C1(C(=O)OC)CCN(CCC(=O)OC)CC1.COc1ccc2c3c1O[C@H]1C(=O)CC[C@@]4(O)[C@@H](C2)N(C)CC[C@]314. The van der Waals surface area contributed by atoms with E-state index in [0.717, 1.165) is 24.9 Å². The number of ether oxygens (including phenoxy) is 4. The van der Waals surface area contributed by atoms with Crippen molar-refractivity contribution in [2.45, 2.75) is 87.0 Å². The number of ketones is 1. The summed E-state index contributed by atoms with van der Waals surface area (Å²) >= 11 is 0. The summed E-state index contributed by atoms with van der Waals surface area (Å²) in [6.45, 7) is 4.40. The van der Waals surface area contributed by atoms with E-state index in [4.69, 9.17) is 14.2 Å². The monoisotopic (exact) mass is 691 g/mol. The summed E-state index contributed by atoms with van der Waals surface area (Å²) in [7, 11) is 6.42. The molecule has 5 aliphatic rings. The molecule has 2 aliphatic carbocycles. The Morgan fingerprint density at radius 2 is 1.70 bits per heavy atom. The Bertz CT molecular complexity index is 1620. The number of carbonyl (C=O) groups excluding carboxylic acids is 4. The zero-order valence-corrected chi connectivity index (χ0v) is 29.7. The van der Waals surface area contributed by atoms with Crippen molar-refractivity contribution in [2.24, 2.45) is 0 Å². The van der Waals surface area contributed by atoms with Gasteiger partial charge in [-0.3, -0.25) is 19.3 Å². The number of rotatable bonds is 8. The van der Waals surface area contributed by atoms with Crippen molar-refractivity contribution in [1.29, 1.82) is 0 Å². The number of esters is 2. The number of para-hydroxylation sites is 1. The first-order chi connectivity index (χ1) is 24.0. The van der Waals surface area contributed by atoms with Crippen molar-refractivity contribution in [1.82, 2.24) is 9.80 Å². The van der Waals surface area contributed by atoms with E-state index in [0.29, 0.717) is 75.3 Å². The minimum Gasteiger partial charge on any atom is -0.493 e. The topological polar surface area (TPSA) is 135 Å². The third-order valence-corrected chi connectivity index (χ3v) is 11.8. The van der Waals surface area contributed by atoms with Gasteiger partial charge in [-0.25, -0.2) is 4.79 Å². The number of piperidine rings is 2. The van der Waals surface area contributed by atoms with Gasteiger partial charge in [0.15, 0.2) is 23.4 Å². The average molecular weight is 692 g/mol. The van der Waals surface area contributed by atoms with E-state index in [1.165, 1.54) is 19.8 Å². The predicted molar refractivity (Wildman–Crippen MR) is 184 cm³/mol. The van der Waals surface area contributed by atoms with Crippen LogP contribution in [0.4, 0.5) is 5.69 Å². The minimum absolute atomic E-state index is 0.0438. The highest BCUT2D eigenvalue weighted by atomic mass is 16.5. The van der Waals surface area contributed by atoms with Gasteiger partial charge in [0.05, 0.1) is 38.8 Å². The van der Waals surface area contributed by atoms with E-state index in [1.807, 2.05) is 36.4 Å². The lowest BCUT2D eigenvalue weighted by atomic mass is 9.49. The van der Waals surface area contributed by atoms with E-state index in [2.05, 4.69) is 27.7 Å². The molecule has 12 heteroatoms. The van der Waals surface area contributed by atoms with Crippen molar-refractivity contribution in [2.75, 3.05) is 59.5 Å². The molecule has 12 nitrogen and oxygen atoms in total. The first kappa shape index (κ1) is 35.8. The number of Topliss-reactive ketones (excluding diaryl/α,β-unsaturated/α-hetero) is 1. The zero-order chi connectivity index (χ0) is 35.8. The van der Waals surface area contributed by atoms with Crippen LogP contribution in [-0.2, 0) is 40.5 Å². The molecule has 0 radical (unpaired) electrons. The summed E-state index contributed by atoms with van der Waals surface area (Å²) in [4.78, 5) is 55.7. The van der Waals surface area contributed by atoms with Crippen molar-refractivity contribution < 1.29 is 43.2 Å². The van der Waals surface area contributed by atoms with E-state index in [9.17, 15) is 24.3 Å². The standard InChI is InChI=1S/C20H28N2O5.C18H21NO4/c1-4-17(23)22(16-8-6-5-7-9-16)20(19(25)27-3)11-14-21(15-12-20)13-10-18(24)26-2;1-19-8-7-17-14-10-3-4-12(22-2)15(14)23-16(17)11(20)5-6-18(17,21)13(19)9-10/h5-9H,4,10-15H2,1-3H3;3-4,13,16,21H,5-9H2,1-2H3/t;13-,16+,17+,18-/m.1/s1. The molecule has 1 saturated carbocycles. The summed E-state index contributed by atoms with van der Waals surface area (Å²) in [5, 5.41) is 11.7. The van der Waals surface area contributed by atoms with Crippen LogP contribution in [0, 0.1) is 0 Å². The van der Waals surface area contributed by atoms with Crippen LogP contribution in [0.25, 0.3) is 0 Å². The molecule has 0 unspecified atom stereocenters. The molecule has 2 bridgehead atoms. The van der Waals surface area contributed by atoms with Gasteiger partial charge in [0.2, 0.25) is 5.91 Å². The van der Waals surface area contributed by atoms with Crippen LogP contribution in [0.15, 0.2) is 42.5 Å². The number of hydrogen-bond donors (Lipinski definition) is 1. The van der Waals surface area contributed by atoms with Gasteiger partial charge in [0, 0.05) is 49.8 Å². The van der Waals surface area contributed by atoms with Crippen molar-refractivity contribution in [3.8, 4) is 11.5 Å². The fourth-order valence-electron chi connectivity index (χ4n) is 9.26. The van der Waals surface area contributed by atoms with Crippen molar-refractivity contribution in [3.05, 3.63) is 53.6 Å². The molecule has 0 aromatic heterocycles. The lowest BCUT2D eigenvalue weighted by molar-refractivity contribution is -0.185. The van der Waals surface area contributed by atoms with Gasteiger partial charge < -0.3 is 33.9 Å². The first-order valence-electron chi connectivity index (χ1n) is 17.6. The van der Waals surface area contributed by atoms with E-state index in [-0.39, 0.29) is 23.7 Å². The molecule has 3 fully saturated rings. The van der Waals surface area contributed by atoms with Gasteiger partial charge in [0.25, 0.3) is 0 Å². The molecule has 1 amide bonds. The normalized spacial score (nSPS) is 27.5. The Hall–Kier alpha value is -4.00. The number of carbonyl (C=O) groups is 4. The van der Waals surface area contributed by atoms with Crippen LogP contribution in [-0.4, -0.2) is 116 Å². The van der Waals surface area contributed by atoms with Crippen LogP contribution >= 0.6 is 0 Å². The fraction of sp³-hybridized carbons (Fsp3) is 0.579. The maximum atomic E-state index is 12.8. The molecular formula is C38H49N3O9. The Labute approximate surface area is 293 Å². The highest BCUT2D eigenvalue weighted by Crippen LogP contribution is 2.64. The molecular weight excluding hydrogens is 642 g/mol. The van der Waals surface area contributed by atoms with Crippen molar-refractivity contribution in [3.63, 3.8) is 0 Å². The number of methoxy groups -OCH3 is 3. The number of benzene rings is 2. The maximum Gasteiger partial charge on any atom is 0.332 e. The molecule has 2 aromatic rings. The third-order valence-electron chi connectivity index (χ3n) is 11.8. The summed E-state index contributed by atoms with van der Waals surface area (Å²) in [6, 6.07) is 13.3. The van der Waals surface area contributed by atoms with E-state index >= 15 is 0 Å². The Morgan fingerprint density at radius 3 is 2.34 bits per heavy atom. The number of likely N-dealkylation sites (N-methyl/N-ethyl adjacent to an activating group) is 1. The Balaban J connectivity index is 0.000000174. The fourth-order valence-corrected chi connectivity index (χ4v) is 9.26. The molecule has 50 heavy (non-hydrogen) atoms. The lowest BCUT2D eigenvalue weighted by Gasteiger charge is -2.62. The molecule has 3 heterocycles. The van der Waals surface area contributed by atoms with Gasteiger partial charge in [-0.05, 0) is 69.5 Å². The van der Waals surface area contributed by atoms with Crippen molar-refractivity contribution >= 4 is 29.3 Å². The number of anilines is 1. The third kappa shape index (κ3) is 5.56. The maximum absolute atomic E-state index is 12.8. The largest absolute Gasteiger partial charge is 0.493 e. The molecule has 270 valence electrons. The van der Waals surface area contributed by atoms with Crippen LogP contribution < -0.4 is 14.4 Å². The number of amides is 1. The summed E-state index contributed by atoms with van der Waals surface area (Å²) in [5.41, 5.74) is 0.393. The highest BCUT2D eigenvalue weighted by Gasteiger charge is 2.72. The van der Waals surface area contributed by atoms with E-state index in [1.54, 1.807) is 18.9 Å². The van der Waals surface area contributed by atoms with Crippen LogP contribution in [0.5, 0.6) is 11.5 Å². The second-order valence-electron chi connectivity index (χ2n) is 14.1.